The summed E-state index contributed by atoms with van der Waals surface area (Å²) in [5.74, 6) is 1.96. The Morgan fingerprint density at radius 2 is 1.13 bits per heavy atom. The molecule has 1 aliphatic rings. The molecule has 63 heavy (non-hydrogen) atoms. The molecule has 1 aliphatic heterocycles. The fourth-order valence-corrected chi connectivity index (χ4v) is 8.92. The molecule has 0 saturated carbocycles. The predicted molar refractivity (Wildman–Crippen MR) is 246 cm³/mol. The van der Waals surface area contributed by atoms with Gasteiger partial charge in [0.15, 0.2) is 23.0 Å². The van der Waals surface area contributed by atoms with Crippen LogP contribution in [0.5, 0.6) is 34.5 Å². The minimum atomic E-state index is -0.923. The van der Waals surface area contributed by atoms with Crippen molar-refractivity contribution in [3.05, 3.63) is 144 Å². The Morgan fingerprint density at radius 1 is 0.667 bits per heavy atom. The van der Waals surface area contributed by atoms with E-state index in [0.29, 0.717) is 71.8 Å². The maximum atomic E-state index is 14.9. The molecule has 2 aromatic heterocycles. The van der Waals surface area contributed by atoms with Crippen LogP contribution < -0.4 is 33.7 Å². The molecule has 3 atom stereocenters. The summed E-state index contributed by atoms with van der Waals surface area (Å²) in [7, 11) is 12.3. The van der Waals surface area contributed by atoms with Gasteiger partial charge in [0.25, 0.3) is 0 Å². The van der Waals surface area contributed by atoms with Crippen LogP contribution in [0.3, 0.4) is 0 Å². The van der Waals surface area contributed by atoms with Gasteiger partial charge in [0.05, 0.1) is 60.0 Å². The van der Waals surface area contributed by atoms with Crippen LogP contribution in [0.25, 0.3) is 22.5 Å². The van der Waals surface area contributed by atoms with E-state index < -0.39 is 11.2 Å². The van der Waals surface area contributed by atoms with E-state index in [1.54, 1.807) is 55.1 Å². The van der Waals surface area contributed by atoms with Crippen molar-refractivity contribution in [2.24, 2.45) is 11.8 Å². The highest BCUT2D eigenvalue weighted by atomic mass is 31.0. The maximum Gasteiger partial charge on any atom is 0.226 e. The number of carbonyl (C=O) groups excluding carboxylic acids is 2. The van der Waals surface area contributed by atoms with Crippen molar-refractivity contribution in [1.82, 2.24) is 20.2 Å². The summed E-state index contributed by atoms with van der Waals surface area (Å²) in [5, 5.41) is 2.41. The molecular weight excluding hydrogens is 816 g/mol. The zero-order valence-electron chi connectivity index (χ0n) is 36.4. The molecule has 0 spiro atoms. The lowest BCUT2D eigenvalue weighted by Crippen LogP contribution is -2.49. The van der Waals surface area contributed by atoms with Gasteiger partial charge in [0, 0.05) is 43.0 Å². The molecule has 6 aromatic rings. The average molecular weight is 869 g/mol. The van der Waals surface area contributed by atoms with Crippen molar-refractivity contribution < 1.29 is 38.0 Å². The fourth-order valence-electron chi connectivity index (χ4n) is 8.38. The van der Waals surface area contributed by atoms with Gasteiger partial charge in [0.1, 0.15) is 5.28 Å². The summed E-state index contributed by atoms with van der Waals surface area (Å²) in [6, 6.07) is 35.0. The van der Waals surface area contributed by atoms with Crippen LogP contribution in [-0.4, -0.2) is 75.9 Å². The maximum absolute atomic E-state index is 14.9. The number of benzene rings is 4. The monoisotopic (exact) mass is 868 g/mol. The van der Waals surface area contributed by atoms with Crippen LogP contribution >= 0.6 is 9.24 Å². The van der Waals surface area contributed by atoms with Gasteiger partial charge >= 0.3 is 0 Å². The third-order valence-electron chi connectivity index (χ3n) is 11.6. The minimum Gasteiger partial charge on any atom is -0.493 e. The second-order valence-electron chi connectivity index (χ2n) is 15.3. The fraction of sp³-hybridized carbons (Fsp3) is 0.280. The SMILES string of the molecule is COc1cc(-c2cc(CC3CCN(Cc4ccnc(-c5cc(OC)c(OC)c(OC)c5)c4)C(=O)[C@@H]3CC(=O)NC(P)(c3ccccc3)c3ccccc3)ccn2)cc(OC)c1OC. The molecule has 13 heteroatoms. The number of nitrogens with one attached hydrogen (secondary N) is 1. The molecule has 1 N–H and O–H groups in total. The lowest BCUT2D eigenvalue weighted by molar-refractivity contribution is -0.145. The number of pyridine rings is 2. The number of piperidine rings is 1. The number of likely N-dealkylation sites (tertiary alicyclic amines) is 1. The number of rotatable bonds is 17. The van der Waals surface area contributed by atoms with Crippen LogP contribution in [0.4, 0.5) is 0 Å². The Balaban J connectivity index is 1.19. The second-order valence-corrected chi connectivity index (χ2v) is 16.2. The van der Waals surface area contributed by atoms with E-state index in [1.807, 2.05) is 114 Å². The van der Waals surface area contributed by atoms with E-state index in [4.69, 9.17) is 28.4 Å². The van der Waals surface area contributed by atoms with Gasteiger partial charge < -0.3 is 38.6 Å². The van der Waals surface area contributed by atoms with Gasteiger partial charge in [-0.1, -0.05) is 60.7 Å². The molecule has 1 saturated heterocycles. The molecule has 2 unspecified atom stereocenters. The van der Waals surface area contributed by atoms with Crippen LogP contribution in [0.15, 0.2) is 122 Å². The normalized spacial score (nSPS) is 15.0. The molecule has 1 fully saturated rings. The first kappa shape index (κ1) is 44.4. The van der Waals surface area contributed by atoms with E-state index >= 15 is 0 Å². The zero-order valence-corrected chi connectivity index (χ0v) is 37.6. The van der Waals surface area contributed by atoms with E-state index in [0.717, 1.165) is 33.4 Å². The molecule has 326 valence electrons. The third-order valence-corrected chi connectivity index (χ3v) is 12.4. The van der Waals surface area contributed by atoms with Crippen molar-refractivity contribution in [3.8, 4) is 57.0 Å². The van der Waals surface area contributed by atoms with Crippen molar-refractivity contribution in [1.29, 1.82) is 0 Å². The number of methoxy groups -OCH3 is 6. The lowest BCUT2D eigenvalue weighted by atomic mass is 9.78. The first-order valence-corrected chi connectivity index (χ1v) is 21.2. The lowest BCUT2D eigenvalue weighted by Gasteiger charge is -2.39. The Bertz CT molecular complexity index is 2450. The smallest absolute Gasteiger partial charge is 0.226 e. The minimum absolute atomic E-state index is 0.00628. The van der Waals surface area contributed by atoms with Gasteiger partial charge in [-0.2, -0.15) is 0 Å². The Morgan fingerprint density at radius 3 is 1.59 bits per heavy atom. The van der Waals surface area contributed by atoms with Crippen LogP contribution in [0.2, 0.25) is 0 Å². The standard InChI is InChI=1S/C50H53N4O8P/c1-57-42-26-35(27-43(58-2)47(42)61-5)40-24-32(17-20-51-40)23-34-19-22-54(31-33-18-21-52-41(25-33)36-28-44(59-3)48(62-6)45(29-36)60-4)49(56)39(34)30-46(55)53-50(63,37-13-9-7-10-14-37)38-15-11-8-12-16-38/h7-18,20-21,24-29,34,39H,19,22-23,30-31,63H2,1-6H3,(H,53,55)/t34?,39-/m1/s1. The molecular formula is C50H53N4O8P. The van der Waals surface area contributed by atoms with Gasteiger partial charge in [-0.3, -0.25) is 19.6 Å². The van der Waals surface area contributed by atoms with Crippen LogP contribution in [0, 0.1) is 11.8 Å². The highest BCUT2D eigenvalue weighted by Gasteiger charge is 2.40. The number of carbonyl (C=O) groups is 2. The van der Waals surface area contributed by atoms with Gasteiger partial charge in [-0.15, -0.1) is 9.24 Å². The van der Waals surface area contributed by atoms with Crippen LogP contribution in [0.1, 0.15) is 35.1 Å². The average Bonchev–Trinajstić information content (AvgIpc) is 3.33. The molecule has 3 heterocycles. The highest BCUT2D eigenvalue weighted by molar-refractivity contribution is 7.19. The molecule has 2 amide bonds. The predicted octanol–water partition coefficient (Wildman–Crippen LogP) is 8.35. The van der Waals surface area contributed by atoms with Crippen molar-refractivity contribution >= 4 is 21.1 Å². The van der Waals surface area contributed by atoms with E-state index in [-0.39, 0.29) is 24.2 Å². The summed E-state index contributed by atoms with van der Waals surface area (Å²) in [4.78, 5) is 40.5. The molecule has 12 nitrogen and oxygen atoms in total. The first-order valence-electron chi connectivity index (χ1n) is 20.6. The summed E-state index contributed by atoms with van der Waals surface area (Å²) in [5.41, 5.74) is 6.64. The van der Waals surface area contributed by atoms with Gasteiger partial charge in [0.2, 0.25) is 23.3 Å². The number of amides is 2. The summed E-state index contributed by atoms with van der Waals surface area (Å²) < 4.78 is 33.5. The molecule has 7 rings (SSSR count). The van der Waals surface area contributed by atoms with E-state index in [9.17, 15) is 9.59 Å². The Hall–Kier alpha value is -6.65. The number of hydrogen-bond donors (Lipinski definition) is 1. The molecule has 4 aromatic carbocycles. The number of hydrogen-bond acceptors (Lipinski definition) is 10. The largest absolute Gasteiger partial charge is 0.493 e. The molecule has 0 radical (unpaired) electrons. The molecule has 0 aliphatic carbocycles. The Kier molecular flexibility index (Phi) is 14.1. The summed E-state index contributed by atoms with van der Waals surface area (Å²) in [6.07, 6.45) is 4.73. The number of nitrogens with zero attached hydrogens (tertiary/aromatic N) is 3. The van der Waals surface area contributed by atoms with Crippen molar-refractivity contribution in [2.75, 3.05) is 49.2 Å². The Labute approximate surface area is 371 Å². The second kappa shape index (κ2) is 20.0. The summed E-state index contributed by atoms with van der Waals surface area (Å²) in [6.45, 7) is 0.849. The number of aromatic nitrogens is 2. The zero-order chi connectivity index (χ0) is 44.5. The molecule has 0 bridgehead atoms. The topological polar surface area (TPSA) is 131 Å². The van der Waals surface area contributed by atoms with Crippen molar-refractivity contribution in [2.45, 2.75) is 31.1 Å². The summed E-state index contributed by atoms with van der Waals surface area (Å²) >= 11 is 0. The quantitative estimate of drug-likeness (QED) is 0.0893. The highest BCUT2D eigenvalue weighted by Crippen LogP contribution is 2.43. The number of ether oxygens (including phenoxy) is 6. The van der Waals surface area contributed by atoms with Crippen molar-refractivity contribution in [3.63, 3.8) is 0 Å². The van der Waals surface area contributed by atoms with Crippen LogP contribution in [-0.2, 0) is 27.8 Å². The van der Waals surface area contributed by atoms with Gasteiger partial charge in [-0.25, -0.2) is 0 Å². The van der Waals surface area contributed by atoms with Gasteiger partial charge in [-0.05, 0) is 89.5 Å². The van der Waals surface area contributed by atoms with E-state index in [2.05, 4.69) is 24.5 Å². The van der Waals surface area contributed by atoms with E-state index in [1.165, 1.54) is 0 Å². The first-order chi connectivity index (χ1) is 30.6. The third kappa shape index (κ3) is 9.71.